The van der Waals surface area contributed by atoms with E-state index in [1.54, 1.807) is 41.1 Å². The number of hydrogen-bond donors (Lipinski definition) is 0. The summed E-state index contributed by atoms with van der Waals surface area (Å²) in [6.45, 7) is 2.14. The number of hydrogen-bond acceptors (Lipinski definition) is 5. The Morgan fingerprint density at radius 1 is 0.880 bits per heavy atom. The van der Waals surface area contributed by atoms with Gasteiger partial charge < -0.3 is 4.90 Å². The molecule has 0 amide bonds. The van der Waals surface area contributed by atoms with E-state index in [2.05, 4.69) is 14.9 Å². The molecule has 25 heavy (non-hydrogen) atoms. The average Bonchev–Trinajstić information content (AvgIpc) is 2.68. The Hall–Kier alpha value is -2.51. The minimum absolute atomic E-state index is 0.346. The zero-order valence-corrected chi connectivity index (χ0v) is 14.4. The number of sulfonamides is 1. The van der Waals surface area contributed by atoms with Crippen molar-refractivity contribution < 1.29 is 8.42 Å². The molecule has 6 nitrogen and oxygen atoms in total. The van der Waals surface area contributed by atoms with E-state index in [9.17, 15) is 8.42 Å². The third-order valence-corrected chi connectivity index (χ3v) is 6.43. The van der Waals surface area contributed by atoms with Crippen LogP contribution in [0.3, 0.4) is 0 Å². The molecule has 0 radical (unpaired) electrons. The second-order valence-electron chi connectivity index (χ2n) is 5.93. The third kappa shape index (κ3) is 2.96. The van der Waals surface area contributed by atoms with Gasteiger partial charge in [-0.3, -0.25) is 4.98 Å². The van der Waals surface area contributed by atoms with Gasteiger partial charge in [0.05, 0.1) is 4.90 Å². The maximum absolute atomic E-state index is 13.1. The summed E-state index contributed by atoms with van der Waals surface area (Å²) in [5.41, 5.74) is 0. The SMILES string of the molecule is O=S(=O)(c1cccc2cnccc12)N1CCN(c2ccccn2)CC1. The van der Waals surface area contributed by atoms with Crippen LogP contribution in [0.5, 0.6) is 0 Å². The fraction of sp³-hybridized carbons (Fsp3) is 0.222. The van der Waals surface area contributed by atoms with Gasteiger partial charge in [-0.05, 0) is 24.3 Å². The van der Waals surface area contributed by atoms with Crippen LogP contribution in [0.4, 0.5) is 5.82 Å². The van der Waals surface area contributed by atoms with Crippen molar-refractivity contribution in [2.45, 2.75) is 4.90 Å². The first-order valence-corrected chi connectivity index (χ1v) is 9.59. The highest BCUT2D eigenvalue weighted by Crippen LogP contribution is 2.26. The minimum Gasteiger partial charge on any atom is -0.354 e. The zero-order chi connectivity index (χ0) is 17.3. The quantitative estimate of drug-likeness (QED) is 0.721. The van der Waals surface area contributed by atoms with Gasteiger partial charge in [0, 0.05) is 55.5 Å². The van der Waals surface area contributed by atoms with Gasteiger partial charge >= 0.3 is 0 Å². The first-order chi connectivity index (χ1) is 12.2. The summed E-state index contributed by atoms with van der Waals surface area (Å²) in [6.07, 6.45) is 5.07. The van der Waals surface area contributed by atoms with Crippen molar-refractivity contribution in [3.63, 3.8) is 0 Å². The molecular formula is C18H18N4O2S. The molecule has 3 aromatic rings. The van der Waals surface area contributed by atoms with Gasteiger partial charge in [0.25, 0.3) is 0 Å². The summed E-state index contributed by atoms with van der Waals surface area (Å²) >= 11 is 0. The van der Waals surface area contributed by atoms with Crippen LogP contribution in [0, 0.1) is 0 Å². The van der Waals surface area contributed by atoms with Crippen LogP contribution in [-0.2, 0) is 10.0 Å². The lowest BCUT2D eigenvalue weighted by Crippen LogP contribution is -2.48. The first-order valence-electron chi connectivity index (χ1n) is 8.15. The Morgan fingerprint density at radius 2 is 1.72 bits per heavy atom. The Labute approximate surface area is 146 Å². The molecule has 128 valence electrons. The van der Waals surface area contributed by atoms with Gasteiger partial charge in [-0.1, -0.05) is 18.2 Å². The Kier molecular flexibility index (Phi) is 4.10. The van der Waals surface area contributed by atoms with Crippen LogP contribution < -0.4 is 4.90 Å². The van der Waals surface area contributed by atoms with Gasteiger partial charge in [0.1, 0.15) is 5.82 Å². The first kappa shape index (κ1) is 16.0. The summed E-state index contributed by atoms with van der Waals surface area (Å²) in [4.78, 5) is 10.9. The number of anilines is 1. The highest BCUT2D eigenvalue weighted by molar-refractivity contribution is 7.89. The van der Waals surface area contributed by atoms with Gasteiger partial charge in [0.15, 0.2) is 0 Å². The van der Waals surface area contributed by atoms with Gasteiger partial charge in [-0.15, -0.1) is 0 Å². The molecular weight excluding hydrogens is 336 g/mol. The highest BCUT2D eigenvalue weighted by atomic mass is 32.2. The van der Waals surface area contributed by atoms with Crippen molar-refractivity contribution in [3.05, 3.63) is 61.1 Å². The number of pyridine rings is 2. The normalized spacial score (nSPS) is 16.2. The van der Waals surface area contributed by atoms with E-state index in [4.69, 9.17) is 0 Å². The molecule has 0 atom stereocenters. The summed E-state index contributed by atoms with van der Waals surface area (Å²) in [7, 11) is -3.54. The summed E-state index contributed by atoms with van der Waals surface area (Å²) in [5.74, 6) is 0.885. The van der Waals surface area contributed by atoms with Crippen molar-refractivity contribution in [2.75, 3.05) is 31.1 Å². The topological polar surface area (TPSA) is 66.4 Å². The lowest BCUT2D eigenvalue weighted by atomic mass is 10.2. The maximum Gasteiger partial charge on any atom is 0.243 e. The number of aromatic nitrogens is 2. The Morgan fingerprint density at radius 3 is 2.48 bits per heavy atom. The second kappa shape index (κ2) is 6.42. The summed E-state index contributed by atoms with van der Waals surface area (Å²) < 4.78 is 27.8. The van der Waals surface area contributed by atoms with Gasteiger partial charge in [-0.25, -0.2) is 13.4 Å². The fourth-order valence-electron chi connectivity index (χ4n) is 3.16. The van der Waals surface area contributed by atoms with E-state index in [-0.39, 0.29) is 0 Å². The van der Waals surface area contributed by atoms with Crippen LogP contribution in [-0.4, -0.2) is 48.9 Å². The Bertz CT molecular complexity index is 979. The largest absolute Gasteiger partial charge is 0.354 e. The molecule has 2 aromatic heterocycles. The molecule has 0 saturated carbocycles. The van der Waals surface area contributed by atoms with Crippen molar-refractivity contribution in [1.29, 1.82) is 0 Å². The molecule has 7 heteroatoms. The molecule has 0 N–H and O–H groups in total. The summed E-state index contributed by atoms with van der Waals surface area (Å²) in [5, 5.41) is 1.54. The lowest BCUT2D eigenvalue weighted by Gasteiger charge is -2.34. The highest BCUT2D eigenvalue weighted by Gasteiger charge is 2.30. The lowest BCUT2D eigenvalue weighted by molar-refractivity contribution is 0.384. The van der Waals surface area contributed by atoms with Gasteiger partial charge in [0.2, 0.25) is 10.0 Å². The van der Waals surface area contributed by atoms with E-state index < -0.39 is 10.0 Å². The fourth-order valence-corrected chi connectivity index (χ4v) is 4.79. The number of rotatable bonds is 3. The van der Waals surface area contributed by atoms with Crippen LogP contribution >= 0.6 is 0 Å². The van der Waals surface area contributed by atoms with Gasteiger partial charge in [-0.2, -0.15) is 4.31 Å². The molecule has 1 saturated heterocycles. The predicted octanol–water partition coefficient (Wildman–Crippen LogP) is 2.14. The molecule has 4 rings (SSSR count). The Balaban J connectivity index is 1.60. The molecule has 0 unspecified atom stereocenters. The summed E-state index contributed by atoms with van der Waals surface area (Å²) in [6, 6.07) is 12.8. The van der Waals surface area contributed by atoms with E-state index in [0.29, 0.717) is 36.5 Å². The van der Waals surface area contributed by atoms with Crippen molar-refractivity contribution >= 4 is 26.6 Å². The molecule has 1 fully saturated rings. The molecule has 3 heterocycles. The number of fused-ring (bicyclic) bond motifs is 1. The molecule has 1 aliphatic heterocycles. The smallest absolute Gasteiger partial charge is 0.243 e. The van der Waals surface area contributed by atoms with Crippen molar-refractivity contribution in [1.82, 2.24) is 14.3 Å². The predicted molar refractivity (Wildman–Crippen MR) is 97.0 cm³/mol. The second-order valence-corrected chi connectivity index (χ2v) is 7.84. The number of nitrogens with zero attached hydrogens (tertiary/aromatic N) is 4. The minimum atomic E-state index is -3.54. The molecule has 0 bridgehead atoms. The van der Waals surface area contributed by atoms with Crippen LogP contribution in [0.2, 0.25) is 0 Å². The third-order valence-electron chi connectivity index (χ3n) is 4.47. The van der Waals surface area contributed by atoms with Crippen molar-refractivity contribution in [3.8, 4) is 0 Å². The number of benzene rings is 1. The van der Waals surface area contributed by atoms with Crippen molar-refractivity contribution in [2.24, 2.45) is 0 Å². The molecule has 0 aliphatic carbocycles. The molecule has 1 aromatic carbocycles. The standard InChI is InChI=1S/C18H18N4O2S/c23-25(24,17-5-3-4-15-14-19-9-7-16(15)17)22-12-10-21(11-13-22)18-6-1-2-8-20-18/h1-9,14H,10-13H2. The number of piperazine rings is 1. The molecule has 0 spiro atoms. The van der Waals surface area contributed by atoms with E-state index in [1.165, 1.54) is 0 Å². The van der Waals surface area contributed by atoms with Crippen LogP contribution in [0.15, 0.2) is 66.0 Å². The monoisotopic (exact) mass is 354 g/mol. The average molecular weight is 354 g/mol. The van der Waals surface area contributed by atoms with E-state index in [0.717, 1.165) is 11.2 Å². The van der Waals surface area contributed by atoms with Crippen LogP contribution in [0.25, 0.3) is 10.8 Å². The zero-order valence-electron chi connectivity index (χ0n) is 13.6. The molecule has 1 aliphatic rings. The van der Waals surface area contributed by atoms with E-state index in [1.807, 2.05) is 24.3 Å². The van der Waals surface area contributed by atoms with Crippen LogP contribution in [0.1, 0.15) is 0 Å². The maximum atomic E-state index is 13.1. The van der Waals surface area contributed by atoms with E-state index >= 15 is 0 Å².